The van der Waals surface area contributed by atoms with Gasteiger partial charge in [-0.3, -0.25) is 4.57 Å². The SMILES string of the molecule is O=C=NP(=O)(F)CCl. The molecule has 0 amide bonds. The minimum atomic E-state index is -4.21. The third-order valence-corrected chi connectivity index (χ3v) is 1.90. The van der Waals surface area contributed by atoms with Crippen LogP contribution in [0.3, 0.4) is 0 Å². The van der Waals surface area contributed by atoms with Gasteiger partial charge < -0.3 is 0 Å². The van der Waals surface area contributed by atoms with Gasteiger partial charge in [0.1, 0.15) is 5.62 Å². The number of isocyanates is 1. The lowest BCUT2D eigenvalue weighted by Crippen LogP contribution is -1.65. The number of halogens is 2. The lowest BCUT2D eigenvalue weighted by molar-refractivity contribution is 0.542. The first kappa shape index (κ1) is 7.83. The molecule has 3 nitrogen and oxygen atoms in total. The summed E-state index contributed by atoms with van der Waals surface area (Å²) in [6.45, 7) is 0. The Kier molecular flexibility index (Phi) is 2.91. The molecule has 0 aliphatic heterocycles. The van der Waals surface area contributed by atoms with Gasteiger partial charge in [0.15, 0.2) is 0 Å². The van der Waals surface area contributed by atoms with Crippen LogP contribution in [-0.4, -0.2) is 11.7 Å². The second-order valence-corrected chi connectivity index (χ2v) is 3.32. The van der Waals surface area contributed by atoms with Crippen LogP contribution in [0.2, 0.25) is 0 Å². The molecule has 0 bridgehead atoms. The fourth-order valence-electron chi connectivity index (χ4n) is 0.0877. The molecule has 0 fully saturated rings. The minimum absolute atomic E-state index is 0.762. The van der Waals surface area contributed by atoms with Gasteiger partial charge in [0.2, 0.25) is 6.08 Å². The van der Waals surface area contributed by atoms with Crippen LogP contribution >= 0.6 is 19.2 Å². The molecule has 0 aromatic rings. The molecule has 0 saturated heterocycles. The standard InChI is InChI=1S/C2H2ClFNO2P/c3-1-8(4,7)5-2-6/h1H2. The predicted molar refractivity (Wildman–Crippen MR) is 27.6 cm³/mol. The summed E-state index contributed by atoms with van der Waals surface area (Å²) in [5.74, 6) is 0. The molecule has 1 unspecified atom stereocenters. The third-order valence-electron chi connectivity index (χ3n) is 0.338. The van der Waals surface area contributed by atoms with E-state index in [1.807, 2.05) is 0 Å². The van der Waals surface area contributed by atoms with Crippen LogP contribution in [0.5, 0.6) is 0 Å². The molecule has 6 heteroatoms. The highest BCUT2D eigenvalue weighted by atomic mass is 35.5. The first-order valence-electron chi connectivity index (χ1n) is 1.56. The van der Waals surface area contributed by atoms with Crippen LogP contribution in [0, 0.1) is 0 Å². The van der Waals surface area contributed by atoms with Gasteiger partial charge in [0, 0.05) is 0 Å². The first-order valence-corrected chi connectivity index (χ1v) is 3.83. The summed E-state index contributed by atoms with van der Waals surface area (Å²) >= 11 is 4.76. The topological polar surface area (TPSA) is 46.5 Å². The van der Waals surface area contributed by atoms with Crippen LogP contribution in [0.4, 0.5) is 4.20 Å². The van der Waals surface area contributed by atoms with Crippen molar-refractivity contribution in [3.05, 3.63) is 0 Å². The van der Waals surface area contributed by atoms with E-state index in [0.717, 1.165) is 6.08 Å². The van der Waals surface area contributed by atoms with Crippen molar-refractivity contribution < 1.29 is 13.6 Å². The molecule has 8 heavy (non-hydrogen) atoms. The van der Waals surface area contributed by atoms with Crippen LogP contribution in [0.1, 0.15) is 0 Å². The monoisotopic (exact) mass is 157 g/mol. The molecule has 0 aromatic carbocycles. The molecule has 0 aliphatic rings. The summed E-state index contributed by atoms with van der Waals surface area (Å²) in [6, 6.07) is 0. The fraction of sp³-hybridized carbons (Fsp3) is 0.500. The highest BCUT2D eigenvalue weighted by Crippen LogP contribution is 2.49. The lowest BCUT2D eigenvalue weighted by atomic mass is 11.7. The average molecular weight is 157 g/mol. The summed E-state index contributed by atoms with van der Waals surface area (Å²) in [7, 11) is -4.21. The maximum Gasteiger partial charge on any atom is 0.375 e. The molecule has 1 atom stereocenters. The Morgan fingerprint density at radius 2 is 2.38 bits per heavy atom. The third kappa shape index (κ3) is 2.92. The van der Waals surface area contributed by atoms with Crippen molar-refractivity contribution in [1.29, 1.82) is 0 Å². The second kappa shape index (κ2) is 2.98. The highest BCUT2D eigenvalue weighted by Gasteiger charge is 2.16. The Hall–Kier alpha value is -0.170. The van der Waals surface area contributed by atoms with Gasteiger partial charge in [-0.25, -0.2) is 4.79 Å². The number of hydrogen-bond acceptors (Lipinski definition) is 2. The molecular weight excluding hydrogens is 155 g/mol. The number of hydrogen-bond donors (Lipinski definition) is 0. The van der Waals surface area contributed by atoms with E-state index in [4.69, 9.17) is 11.6 Å². The molecule has 0 N–H and O–H groups in total. The Morgan fingerprint density at radius 1 is 1.88 bits per heavy atom. The Labute approximate surface area is 50.1 Å². The van der Waals surface area contributed by atoms with E-state index in [1.54, 1.807) is 0 Å². The van der Waals surface area contributed by atoms with E-state index in [2.05, 4.69) is 4.76 Å². The smallest absolute Gasteiger partial charge is 0.259 e. The predicted octanol–water partition coefficient (Wildman–Crippen LogP) is 1.68. The number of carbonyl (C=O) groups excluding carboxylic acids is 1. The first-order chi connectivity index (χ1) is 3.62. The number of rotatable bonds is 2. The molecule has 0 spiro atoms. The molecule has 0 aromatic heterocycles. The van der Waals surface area contributed by atoms with E-state index in [-0.39, 0.29) is 0 Å². The van der Waals surface area contributed by atoms with Crippen molar-refractivity contribution in [2.75, 3.05) is 5.62 Å². The summed E-state index contributed by atoms with van der Waals surface area (Å²) in [5.41, 5.74) is -0.762. The maximum absolute atomic E-state index is 11.8. The zero-order valence-electron chi connectivity index (χ0n) is 3.67. The zero-order chi connectivity index (χ0) is 6.62. The van der Waals surface area contributed by atoms with Gasteiger partial charge >= 0.3 is 7.60 Å². The second-order valence-electron chi connectivity index (χ2n) is 0.927. The summed E-state index contributed by atoms with van der Waals surface area (Å²) in [5, 5.41) is 0. The van der Waals surface area contributed by atoms with Crippen molar-refractivity contribution in [1.82, 2.24) is 0 Å². The van der Waals surface area contributed by atoms with Crippen molar-refractivity contribution in [3.8, 4) is 0 Å². The van der Waals surface area contributed by atoms with E-state index in [1.165, 1.54) is 0 Å². The van der Waals surface area contributed by atoms with E-state index >= 15 is 0 Å². The Morgan fingerprint density at radius 3 is 2.50 bits per heavy atom. The van der Waals surface area contributed by atoms with Crippen molar-refractivity contribution in [2.45, 2.75) is 0 Å². The Bertz CT molecular complexity index is 165. The number of nitrogens with zero attached hydrogens (tertiary/aromatic N) is 1. The maximum atomic E-state index is 11.8. The highest BCUT2D eigenvalue weighted by molar-refractivity contribution is 7.58. The van der Waals surface area contributed by atoms with Crippen molar-refractivity contribution >= 4 is 25.3 Å². The molecule has 0 aliphatic carbocycles. The van der Waals surface area contributed by atoms with Crippen LogP contribution in [0.15, 0.2) is 4.76 Å². The van der Waals surface area contributed by atoms with Gasteiger partial charge in [-0.1, -0.05) is 0 Å². The molecule has 46 valence electrons. The molecule has 0 saturated carbocycles. The molecule has 0 radical (unpaired) electrons. The van der Waals surface area contributed by atoms with Gasteiger partial charge in [-0.2, -0.15) is 4.20 Å². The number of alkyl halides is 1. The largest absolute Gasteiger partial charge is 0.375 e. The van der Waals surface area contributed by atoms with Crippen molar-refractivity contribution in [3.63, 3.8) is 0 Å². The van der Waals surface area contributed by atoms with Gasteiger partial charge in [-0.15, -0.1) is 16.4 Å². The summed E-state index contributed by atoms with van der Waals surface area (Å²) < 4.78 is 24.1. The van der Waals surface area contributed by atoms with Crippen LogP contribution < -0.4 is 0 Å². The summed E-state index contributed by atoms with van der Waals surface area (Å²) in [6.07, 6.45) is 0.811. The summed E-state index contributed by atoms with van der Waals surface area (Å²) in [4.78, 5) is 9.22. The minimum Gasteiger partial charge on any atom is -0.259 e. The lowest BCUT2D eigenvalue weighted by Gasteiger charge is -1.88. The fourth-order valence-corrected chi connectivity index (χ4v) is 0.423. The zero-order valence-corrected chi connectivity index (χ0v) is 5.32. The average Bonchev–Trinajstić information content (AvgIpc) is 1.67. The van der Waals surface area contributed by atoms with Crippen LogP contribution in [-0.2, 0) is 9.36 Å². The van der Waals surface area contributed by atoms with E-state index in [9.17, 15) is 13.6 Å². The normalized spacial score (nSPS) is 16.2. The molecule has 0 rings (SSSR count). The molecule has 0 heterocycles. The quantitative estimate of drug-likeness (QED) is 0.265. The van der Waals surface area contributed by atoms with Crippen LogP contribution in [0.25, 0.3) is 0 Å². The molecular formula is C2H2ClFNO2P. The van der Waals surface area contributed by atoms with E-state index in [0.29, 0.717) is 0 Å². The van der Waals surface area contributed by atoms with E-state index < -0.39 is 13.2 Å². The van der Waals surface area contributed by atoms with Gasteiger partial charge in [-0.05, 0) is 0 Å². The Balaban J connectivity index is 4.14. The van der Waals surface area contributed by atoms with Gasteiger partial charge in [0.25, 0.3) is 0 Å². The van der Waals surface area contributed by atoms with Crippen molar-refractivity contribution in [2.24, 2.45) is 4.76 Å². The van der Waals surface area contributed by atoms with Gasteiger partial charge in [0.05, 0.1) is 0 Å².